The van der Waals surface area contributed by atoms with Gasteiger partial charge in [-0.05, 0) is 67.9 Å². The van der Waals surface area contributed by atoms with Gasteiger partial charge in [-0.1, -0.05) is 24.3 Å². The van der Waals surface area contributed by atoms with E-state index < -0.39 is 12.3 Å². The summed E-state index contributed by atoms with van der Waals surface area (Å²) in [5.74, 6) is 0.0232. The molecule has 258 valence electrons. The normalized spacial score (nSPS) is 15.6. The lowest BCUT2D eigenvalue weighted by Crippen LogP contribution is -2.46. The highest BCUT2D eigenvalue weighted by Gasteiger charge is 2.32. The fraction of sp³-hybridized carbons (Fsp3) is 0.314. The number of anilines is 3. The molecule has 11 nitrogen and oxygen atoms in total. The maximum atomic E-state index is 12.8. The van der Waals surface area contributed by atoms with Crippen LogP contribution in [0, 0.1) is 0 Å². The highest BCUT2D eigenvalue weighted by Crippen LogP contribution is 2.44. The number of hydrogen-bond acceptors (Lipinski definition) is 10. The summed E-state index contributed by atoms with van der Waals surface area (Å²) in [4.78, 5) is 25.1. The fourth-order valence-electron chi connectivity index (χ4n) is 6.55. The first kappa shape index (κ1) is 32.1. The molecule has 4 heterocycles. The molecular weight excluding hydrogens is 669 g/mol. The maximum absolute atomic E-state index is 12.8. The van der Waals surface area contributed by atoms with Gasteiger partial charge >= 0.3 is 12.3 Å². The molecule has 1 saturated carbocycles. The zero-order valence-electron chi connectivity index (χ0n) is 27.3. The predicted molar refractivity (Wildman–Crippen MR) is 186 cm³/mol. The molecule has 8 rings (SSSR count). The van der Waals surface area contributed by atoms with E-state index in [-0.39, 0.29) is 11.8 Å². The highest BCUT2D eigenvalue weighted by molar-refractivity contribution is 7.18. The molecule has 0 atom stereocenters. The summed E-state index contributed by atoms with van der Waals surface area (Å²) in [5.41, 5.74) is 6.42. The quantitative estimate of drug-likeness (QED) is 0.147. The van der Waals surface area contributed by atoms with E-state index in [1.165, 1.54) is 30.6 Å². The van der Waals surface area contributed by atoms with E-state index in [0.717, 1.165) is 84.4 Å². The van der Waals surface area contributed by atoms with E-state index in [0.29, 0.717) is 27.1 Å². The number of rotatable bonds is 9. The Balaban J connectivity index is 1.16. The number of fused-ring (bicyclic) bond motifs is 2. The molecule has 1 aliphatic heterocycles. The molecule has 50 heavy (non-hydrogen) atoms. The van der Waals surface area contributed by atoms with Crippen molar-refractivity contribution >= 4 is 55.7 Å². The molecule has 0 spiro atoms. The number of aromatic amines is 1. The Labute approximate surface area is 288 Å². The minimum Gasteiger partial charge on any atom is -0.465 e. The average Bonchev–Trinajstić information content (AvgIpc) is 3.51. The van der Waals surface area contributed by atoms with Crippen molar-refractivity contribution in [2.75, 3.05) is 50.1 Å². The van der Waals surface area contributed by atoms with Crippen LogP contribution in [0.3, 0.4) is 0 Å². The number of imidazole rings is 1. The lowest BCUT2D eigenvalue weighted by molar-refractivity contribution is -0.274. The van der Waals surface area contributed by atoms with Crippen LogP contribution in [0.4, 0.5) is 29.7 Å². The molecule has 2 fully saturated rings. The molecule has 0 radical (unpaired) electrons. The molecule has 2 N–H and O–H groups in total. The van der Waals surface area contributed by atoms with Gasteiger partial charge in [0.2, 0.25) is 5.13 Å². The molecule has 1 saturated heterocycles. The first-order valence-corrected chi connectivity index (χ1v) is 17.2. The Morgan fingerprint density at radius 2 is 1.82 bits per heavy atom. The zero-order chi connectivity index (χ0) is 34.6. The number of methoxy groups -OCH3 is 1. The van der Waals surface area contributed by atoms with E-state index in [9.17, 15) is 18.0 Å². The minimum atomic E-state index is -4.76. The van der Waals surface area contributed by atoms with Crippen molar-refractivity contribution in [3.05, 3.63) is 66.4 Å². The first-order valence-electron chi connectivity index (χ1n) is 16.4. The molecular formula is C35H33F3N8O3S. The van der Waals surface area contributed by atoms with E-state index in [2.05, 4.69) is 52.6 Å². The number of likely N-dealkylation sites (N-methyl/N-ethyl adjacent to an activating group) is 1. The number of ether oxygens (including phenoxy) is 2. The monoisotopic (exact) mass is 702 g/mol. The maximum Gasteiger partial charge on any atom is 0.573 e. The molecule has 3 aromatic heterocycles. The van der Waals surface area contributed by atoms with Gasteiger partial charge in [0.1, 0.15) is 11.6 Å². The van der Waals surface area contributed by atoms with Crippen LogP contribution in [0.25, 0.3) is 43.9 Å². The number of nitrogens with zero attached hydrogens (tertiary/aromatic N) is 6. The van der Waals surface area contributed by atoms with Crippen LogP contribution in [0.15, 0.2) is 60.8 Å². The predicted octanol–water partition coefficient (Wildman–Crippen LogP) is 7.61. The van der Waals surface area contributed by atoms with Crippen LogP contribution < -0.4 is 15.0 Å². The van der Waals surface area contributed by atoms with Gasteiger partial charge in [-0.15, -0.1) is 23.4 Å². The van der Waals surface area contributed by atoms with Gasteiger partial charge < -0.3 is 34.1 Å². The summed E-state index contributed by atoms with van der Waals surface area (Å²) in [7, 11) is 1.35. The Bertz CT molecular complexity index is 2200. The minimum absolute atomic E-state index is 0.260. The third-order valence-corrected chi connectivity index (χ3v) is 10.1. The lowest BCUT2D eigenvalue weighted by Gasteiger charge is -2.36. The lowest BCUT2D eigenvalue weighted by atomic mass is 10.1. The van der Waals surface area contributed by atoms with Crippen LogP contribution in [0.5, 0.6) is 5.75 Å². The number of carbonyl (C=O) groups excluding carboxylic acids is 1. The standard InChI is InChI=1S/C35H33F3N8O3S/c1-3-44-12-14-45(15-13-44)29-18-30-28(40-31(46(30)22-7-8-22)20-4-9-23(10-5-20)49-35(36,37)38)17-27(29)41-34-43-42-32(50-34)25-19-39-26-16-21(33(47)48-2)6-11-24(25)26/h4-6,9-11,16-19,22,39H,3,7-8,12-15H2,1-2H3,(H,41,43). The van der Waals surface area contributed by atoms with Crippen molar-refractivity contribution in [2.45, 2.75) is 32.2 Å². The van der Waals surface area contributed by atoms with Gasteiger partial charge in [0.05, 0.1) is 35.1 Å². The second-order valence-corrected chi connectivity index (χ2v) is 13.4. The van der Waals surface area contributed by atoms with Crippen molar-refractivity contribution in [3.63, 3.8) is 0 Å². The summed E-state index contributed by atoms with van der Waals surface area (Å²) in [6.07, 6.45) is -0.897. The SMILES string of the molecule is CCN1CCN(c2cc3c(cc2Nc2nnc(-c4c[nH]c5cc(C(=O)OC)ccc45)s2)nc(-c2ccc(OC(F)(F)F)cc2)n3C2CC2)CC1. The Morgan fingerprint density at radius 3 is 2.52 bits per heavy atom. The average molecular weight is 703 g/mol. The van der Waals surface area contributed by atoms with Crippen LogP contribution in [0.2, 0.25) is 0 Å². The van der Waals surface area contributed by atoms with Gasteiger partial charge in [-0.3, -0.25) is 0 Å². The number of nitrogens with one attached hydrogen (secondary N) is 2. The smallest absolute Gasteiger partial charge is 0.465 e. The second-order valence-electron chi connectivity index (χ2n) is 12.4. The van der Waals surface area contributed by atoms with Gasteiger partial charge in [-0.2, -0.15) is 0 Å². The van der Waals surface area contributed by atoms with Crippen molar-refractivity contribution in [1.82, 2.24) is 29.6 Å². The number of piperazine rings is 1. The zero-order valence-corrected chi connectivity index (χ0v) is 28.1. The number of benzene rings is 3. The third kappa shape index (κ3) is 6.22. The van der Waals surface area contributed by atoms with Crippen LogP contribution in [0.1, 0.15) is 36.2 Å². The summed E-state index contributed by atoms with van der Waals surface area (Å²) in [6, 6.07) is 15.7. The van der Waals surface area contributed by atoms with Crippen molar-refractivity contribution in [3.8, 4) is 27.7 Å². The Morgan fingerprint density at radius 1 is 1.04 bits per heavy atom. The molecule has 2 aliphatic rings. The van der Waals surface area contributed by atoms with Crippen LogP contribution >= 0.6 is 11.3 Å². The van der Waals surface area contributed by atoms with E-state index in [1.807, 2.05) is 18.3 Å². The van der Waals surface area contributed by atoms with Gasteiger partial charge in [0.25, 0.3) is 0 Å². The molecule has 6 aromatic rings. The largest absolute Gasteiger partial charge is 0.573 e. The number of alkyl halides is 3. The van der Waals surface area contributed by atoms with E-state index in [1.54, 1.807) is 24.3 Å². The van der Waals surface area contributed by atoms with Crippen molar-refractivity contribution in [2.24, 2.45) is 0 Å². The fourth-order valence-corrected chi connectivity index (χ4v) is 7.34. The Hall–Kier alpha value is -5.15. The molecule has 3 aromatic carbocycles. The highest BCUT2D eigenvalue weighted by atomic mass is 32.1. The van der Waals surface area contributed by atoms with E-state index >= 15 is 0 Å². The second kappa shape index (κ2) is 12.6. The molecule has 15 heteroatoms. The third-order valence-electron chi connectivity index (χ3n) is 9.23. The summed E-state index contributed by atoms with van der Waals surface area (Å²) < 4.78 is 49.6. The summed E-state index contributed by atoms with van der Waals surface area (Å²) >= 11 is 1.42. The summed E-state index contributed by atoms with van der Waals surface area (Å²) in [5, 5.41) is 14.8. The molecule has 0 unspecified atom stereocenters. The first-order chi connectivity index (χ1) is 24.2. The number of carbonyl (C=O) groups is 1. The van der Waals surface area contributed by atoms with Gasteiger partial charge in [-0.25, -0.2) is 9.78 Å². The Kier molecular flexibility index (Phi) is 8.10. The van der Waals surface area contributed by atoms with Crippen molar-refractivity contribution < 1.29 is 27.4 Å². The number of hydrogen-bond donors (Lipinski definition) is 2. The number of aromatic nitrogens is 5. The molecule has 0 bridgehead atoms. The number of H-pyrrole nitrogens is 1. The van der Waals surface area contributed by atoms with Crippen LogP contribution in [-0.4, -0.2) is 81.8 Å². The molecule has 0 amide bonds. The topological polar surface area (TPSA) is 113 Å². The van der Waals surface area contributed by atoms with Gasteiger partial charge in [0.15, 0.2) is 5.01 Å². The van der Waals surface area contributed by atoms with Crippen LogP contribution in [-0.2, 0) is 4.74 Å². The number of halogens is 3. The van der Waals surface area contributed by atoms with E-state index in [4.69, 9.17) is 9.72 Å². The van der Waals surface area contributed by atoms with Gasteiger partial charge in [0, 0.05) is 60.4 Å². The summed E-state index contributed by atoms with van der Waals surface area (Å²) in [6.45, 7) is 6.75. The number of esters is 1. The van der Waals surface area contributed by atoms with Crippen molar-refractivity contribution in [1.29, 1.82) is 0 Å². The molecule has 1 aliphatic carbocycles.